The highest BCUT2D eigenvalue weighted by molar-refractivity contribution is 5.13. The van der Waals surface area contributed by atoms with Gasteiger partial charge in [0.05, 0.1) is 0 Å². The minimum atomic E-state index is 0.730. The van der Waals surface area contributed by atoms with E-state index in [0.29, 0.717) is 0 Å². The lowest BCUT2D eigenvalue weighted by molar-refractivity contribution is 0.651. The third-order valence-corrected chi connectivity index (χ3v) is 1.07. The van der Waals surface area contributed by atoms with Crippen LogP contribution in [0.1, 0.15) is 41.0 Å². The van der Waals surface area contributed by atoms with Gasteiger partial charge in [0.15, 0.2) is 0 Å². The minimum Gasteiger partial charge on any atom is -0.0958 e. The lowest BCUT2D eigenvalue weighted by Gasteiger charge is -2.01. The molecule has 0 heteroatoms. The fourth-order valence-electron chi connectivity index (χ4n) is 0.828. The van der Waals surface area contributed by atoms with Gasteiger partial charge in [-0.15, -0.1) is 0 Å². The van der Waals surface area contributed by atoms with E-state index in [0.717, 1.165) is 12.3 Å². The van der Waals surface area contributed by atoms with Crippen LogP contribution in [0.2, 0.25) is 0 Å². The average molecular weight is 154 g/mol. The summed E-state index contributed by atoms with van der Waals surface area (Å²) in [5, 5.41) is 0. The summed E-state index contributed by atoms with van der Waals surface area (Å²) in [6, 6.07) is 0. The SMILES string of the molecule is C=C(/C=C\C)CC(C)C.CC. The summed E-state index contributed by atoms with van der Waals surface area (Å²) in [4.78, 5) is 0. The van der Waals surface area contributed by atoms with Crippen molar-refractivity contribution < 1.29 is 0 Å². The van der Waals surface area contributed by atoms with Gasteiger partial charge in [-0.05, 0) is 19.3 Å². The molecule has 0 heterocycles. The molecule has 0 nitrogen and oxygen atoms in total. The molecule has 0 unspecified atom stereocenters. The van der Waals surface area contributed by atoms with Gasteiger partial charge in [0.25, 0.3) is 0 Å². The fraction of sp³-hybridized carbons (Fsp3) is 0.636. The Morgan fingerprint density at radius 1 is 1.36 bits per heavy atom. The topological polar surface area (TPSA) is 0 Å². The van der Waals surface area contributed by atoms with E-state index < -0.39 is 0 Å². The predicted molar refractivity (Wildman–Crippen MR) is 54.8 cm³/mol. The molecule has 0 saturated heterocycles. The Morgan fingerprint density at radius 2 is 1.82 bits per heavy atom. The van der Waals surface area contributed by atoms with Crippen molar-refractivity contribution in [3.8, 4) is 0 Å². The normalized spacial score (nSPS) is 9.64. The lowest BCUT2D eigenvalue weighted by atomic mass is 10.0. The smallest absolute Gasteiger partial charge is 0.0262 e. The zero-order valence-electron chi connectivity index (χ0n) is 8.65. The summed E-state index contributed by atoms with van der Waals surface area (Å²) in [6.45, 7) is 14.3. The molecule has 0 spiro atoms. The zero-order valence-corrected chi connectivity index (χ0v) is 8.65. The van der Waals surface area contributed by atoms with Crippen molar-refractivity contribution in [1.82, 2.24) is 0 Å². The Morgan fingerprint density at radius 3 is 2.09 bits per heavy atom. The molecule has 0 N–H and O–H groups in total. The van der Waals surface area contributed by atoms with E-state index in [9.17, 15) is 0 Å². The Bertz CT molecular complexity index is 107. The molecule has 0 fully saturated rings. The average Bonchev–Trinajstić information content (AvgIpc) is 1.91. The zero-order chi connectivity index (χ0) is 9.28. The van der Waals surface area contributed by atoms with Gasteiger partial charge in [0.1, 0.15) is 0 Å². The lowest BCUT2D eigenvalue weighted by Crippen LogP contribution is -1.86. The second kappa shape index (κ2) is 9.48. The van der Waals surface area contributed by atoms with Gasteiger partial charge in [-0.1, -0.05) is 52.0 Å². The molecule has 0 aliphatic carbocycles. The van der Waals surface area contributed by atoms with Gasteiger partial charge in [-0.3, -0.25) is 0 Å². The molecule has 66 valence electrons. The van der Waals surface area contributed by atoms with Gasteiger partial charge in [0.2, 0.25) is 0 Å². The van der Waals surface area contributed by atoms with Crippen molar-refractivity contribution in [3.63, 3.8) is 0 Å². The molecule has 0 aromatic rings. The fourth-order valence-corrected chi connectivity index (χ4v) is 0.828. The molecular formula is C11H22. The molecular weight excluding hydrogens is 132 g/mol. The quantitative estimate of drug-likeness (QED) is 0.535. The molecule has 0 amide bonds. The summed E-state index contributed by atoms with van der Waals surface area (Å²) in [5.74, 6) is 0.730. The summed E-state index contributed by atoms with van der Waals surface area (Å²) in [6.07, 6.45) is 5.22. The van der Waals surface area contributed by atoms with Crippen LogP contribution in [-0.2, 0) is 0 Å². The van der Waals surface area contributed by atoms with E-state index in [1.165, 1.54) is 5.57 Å². The first kappa shape index (κ1) is 13.1. The van der Waals surface area contributed by atoms with Crippen LogP contribution >= 0.6 is 0 Å². The van der Waals surface area contributed by atoms with Crippen molar-refractivity contribution in [1.29, 1.82) is 0 Å². The van der Waals surface area contributed by atoms with E-state index in [1.807, 2.05) is 26.8 Å². The van der Waals surface area contributed by atoms with Crippen LogP contribution in [0.15, 0.2) is 24.3 Å². The van der Waals surface area contributed by atoms with Crippen molar-refractivity contribution in [2.24, 2.45) is 5.92 Å². The summed E-state index contributed by atoms with van der Waals surface area (Å²) < 4.78 is 0. The van der Waals surface area contributed by atoms with E-state index >= 15 is 0 Å². The first-order chi connectivity index (χ1) is 5.16. The Kier molecular flexibility index (Phi) is 11.3. The maximum Gasteiger partial charge on any atom is -0.0262 e. The molecule has 0 bridgehead atoms. The molecule has 0 aromatic carbocycles. The number of rotatable bonds is 3. The molecule has 0 rings (SSSR count). The number of allylic oxidation sites excluding steroid dienone is 3. The second-order valence-electron chi connectivity index (χ2n) is 2.76. The maximum atomic E-state index is 3.90. The van der Waals surface area contributed by atoms with Crippen molar-refractivity contribution in [2.45, 2.75) is 41.0 Å². The van der Waals surface area contributed by atoms with Gasteiger partial charge in [0, 0.05) is 0 Å². The van der Waals surface area contributed by atoms with Crippen LogP contribution in [0.4, 0.5) is 0 Å². The summed E-state index contributed by atoms with van der Waals surface area (Å²) in [7, 11) is 0. The Labute approximate surface area is 72.0 Å². The Hall–Kier alpha value is -0.520. The summed E-state index contributed by atoms with van der Waals surface area (Å²) >= 11 is 0. The van der Waals surface area contributed by atoms with Gasteiger partial charge in [-0.2, -0.15) is 0 Å². The third kappa shape index (κ3) is 12.6. The standard InChI is InChI=1S/C9H16.C2H6/c1-5-6-9(4)7-8(2)3;1-2/h5-6,8H,4,7H2,1-3H3;1-2H3/b6-5-;. The van der Waals surface area contributed by atoms with Gasteiger partial charge < -0.3 is 0 Å². The predicted octanol–water partition coefficient (Wildman–Crippen LogP) is 4.19. The van der Waals surface area contributed by atoms with Crippen LogP contribution in [0.5, 0.6) is 0 Å². The monoisotopic (exact) mass is 154 g/mol. The molecule has 0 radical (unpaired) electrons. The van der Waals surface area contributed by atoms with Crippen molar-refractivity contribution in [2.75, 3.05) is 0 Å². The van der Waals surface area contributed by atoms with Gasteiger partial charge >= 0.3 is 0 Å². The highest BCUT2D eigenvalue weighted by atomic mass is 14.0. The number of hydrogen-bond acceptors (Lipinski definition) is 0. The minimum absolute atomic E-state index is 0.730. The van der Waals surface area contributed by atoms with E-state index in [4.69, 9.17) is 0 Å². The van der Waals surface area contributed by atoms with Crippen LogP contribution in [0.25, 0.3) is 0 Å². The molecule has 11 heavy (non-hydrogen) atoms. The molecule has 0 aliphatic rings. The van der Waals surface area contributed by atoms with E-state index in [2.05, 4.69) is 26.5 Å². The molecule has 0 atom stereocenters. The van der Waals surface area contributed by atoms with Gasteiger partial charge in [-0.25, -0.2) is 0 Å². The van der Waals surface area contributed by atoms with Crippen molar-refractivity contribution in [3.05, 3.63) is 24.3 Å². The first-order valence-corrected chi connectivity index (χ1v) is 4.47. The van der Waals surface area contributed by atoms with Crippen LogP contribution in [0.3, 0.4) is 0 Å². The third-order valence-electron chi connectivity index (χ3n) is 1.07. The first-order valence-electron chi connectivity index (χ1n) is 4.47. The molecule has 0 saturated carbocycles. The van der Waals surface area contributed by atoms with E-state index in [1.54, 1.807) is 0 Å². The van der Waals surface area contributed by atoms with Crippen LogP contribution < -0.4 is 0 Å². The van der Waals surface area contributed by atoms with Crippen LogP contribution in [0, 0.1) is 5.92 Å². The second-order valence-corrected chi connectivity index (χ2v) is 2.76. The van der Waals surface area contributed by atoms with E-state index in [-0.39, 0.29) is 0 Å². The van der Waals surface area contributed by atoms with Crippen molar-refractivity contribution >= 4 is 0 Å². The Balaban J connectivity index is 0. The number of hydrogen-bond donors (Lipinski definition) is 0. The highest BCUT2D eigenvalue weighted by Crippen LogP contribution is 2.08. The highest BCUT2D eigenvalue weighted by Gasteiger charge is 1.92. The maximum absolute atomic E-state index is 3.90. The largest absolute Gasteiger partial charge is 0.0958 e. The summed E-state index contributed by atoms with van der Waals surface area (Å²) in [5.41, 5.74) is 1.23. The van der Waals surface area contributed by atoms with Crippen LogP contribution in [-0.4, -0.2) is 0 Å². The molecule has 0 aromatic heterocycles. The molecule has 0 aliphatic heterocycles.